The number of ether oxygens (including phenoxy) is 2. The average molecular weight is 419 g/mol. The Kier molecular flexibility index (Phi) is 3.94. The van der Waals surface area contributed by atoms with Crippen molar-refractivity contribution in [3.05, 3.63) is 36.8 Å². The Labute approximate surface area is 181 Å². The first-order valence-corrected chi connectivity index (χ1v) is 10.8. The topological polar surface area (TPSA) is 88.2 Å². The Morgan fingerprint density at radius 2 is 2.10 bits per heavy atom. The van der Waals surface area contributed by atoms with Crippen LogP contribution in [0.3, 0.4) is 0 Å². The predicted octanol–water partition coefficient (Wildman–Crippen LogP) is 4.15. The number of benzene rings is 1. The van der Waals surface area contributed by atoms with Crippen molar-refractivity contribution in [3.8, 4) is 22.6 Å². The van der Waals surface area contributed by atoms with Gasteiger partial charge in [-0.05, 0) is 43.2 Å². The van der Waals surface area contributed by atoms with Gasteiger partial charge in [0.1, 0.15) is 12.4 Å². The molecule has 2 aromatic heterocycles. The van der Waals surface area contributed by atoms with Gasteiger partial charge in [0.05, 0.1) is 25.0 Å². The number of methoxy groups -OCH3 is 1. The van der Waals surface area contributed by atoms with Gasteiger partial charge in [0, 0.05) is 36.1 Å². The molecule has 0 atom stereocenters. The Hall–Kier alpha value is -3.29. The molecule has 3 heterocycles. The number of hydrogen-bond acceptors (Lipinski definition) is 7. The molecule has 0 saturated heterocycles. The van der Waals surface area contributed by atoms with Gasteiger partial charge in [0.2, 0.25) is 5.95 Å². The van der Waals surface area contributed by atoms with Crippen LogP contribution in [0.15, 0.2) is 36.8 Å². The Morgan fingerprint density at radius 1 is 1.23 bits per heavy atom. The fourth-order valence-corrected chi connectivity index (χ4v) is 5.55. The highest BCUT2D eigenvalue weighted by molar-refractivity contribution is 5.73. The minimum absolute atomic E-state index is 0.0779. The lowest BCUT2D eigenvalue weighted by atomic mass is 9.48. The molecule has 2 N–H and O–H groups in total. The minimum atomic E-state index is 0.0779. The smallest absolute Gasteiger partial charge is 0.229 e. The van der Waals surface area contributed by atoms with Crippen molar-refractivity contribution in [1.29, 1.82) is 0 Å². The van der Waals surface area contributed by atoms with E-state index < -0.39 is 0 Å². The molecule has 160 valence electrons. The van der Waals surface area contributed by atoms with E-state index in [0.717, 1.165) is 40.7 Å². The summed E-state index contributed by atoms with van der Waals surface area (Å²) in [7, 11) is 3.81. The summed E-state index contributed by atoms with van der Waals surface area (Å²) >= 11 is 0. The summed E-state index contributed by atoms with van der Waals surface area (Å²) in [6.45, 7) is 0.723. The van der Waals surface area contributed by atoms with E-state index in [0.29, 0.717) is 11.4 Å². The van der Waals surface area contributed by atoms with Crippen LogP contribution in [-0.2, 0) is 0 Å². The highest BCUT2D eigenvalue weighted by Gasteiger charge is 2.61. The Balaban J connectivity index is 1.25. The fourth-order valence-electron chi connectivity index (χ4n) is 5.55. The molecule has 2 fully saturated rings. The summed E-state index contributed by atoms with van der Waals surface area (Å²) in [5.74, 6) is 2.91. The van der Waals surface area contributed by atoms with Gasteiger partial charge in [-0.2, -0.15) is 10.1 Å². The van der Waals surface area contributed by atoms with Crippen molar-refractivity contribution in [2.24, 2.45) is 5.41 Å². The van der Waals surface area contributed by atoms with E-state index in [9.17, 15) is 0 Å². The average Bonchev–Trinajstić information content (AvgIpc) is 3.26. The molecule has 3 aromatic rings. The largest absolute Gasteiger partial charge is 0.496 e. The second-order valence-electron chi connectivity index (χ2n) is 9.19. The molecule has 0 amide bonds. The number of fused-ring (bicyclic) bond motifs is 1. The van der Waals surface area contributed by atoms with Crippen molar-refractivity contribution < 1.29 is 9.47 Å². The maximum absolute atomic E-state index is 6.09. The molecule has 2 spiro atoms. The van der Waals surface area contributed by atoms with Crippen LogP contribution in [0.5, 0.6) is 11.5 Å². The van der Waals surface area contributed by atoms with Crippen LogP contribution in [0.1, 0.15) is 32.1 Å². The number of H-pyrrole nitrogens is 1. The number of aromatic amines is 1. The Bertz CT molecular complexity index is 1120. The molecule has 0 bridgehead atoms. The summed E-state index contributed by atoms with van der Waals surface area (Å²) in [5, 5.41) is 10.2. The number of hydrogen-bond donors (Lipinski definition) is 2. The number of aromatic nitrogens is 4. The lowest BCUT2D eigenvalue weighted by Gasteiger charge is -2.64. The summed E-state index contributed by atoms with van der Waals surface area (Å²) in [6.07, 6.45) is 11.9. The molecular weight excluding hydrogens is 392 g/mol. The molecule has 2 aliphatic carbocycles. The minimum Gasteiger partial charge on any atom is -0.496 e. The van der Waals surface area contributed by atoms with Gasteiger partial charge in [-0.25, -0.2) is 4.98 Å². The maximum atomic E-state index is 6.09. The van der Waals surface area contributed by atoms with E-state index in [-0.39, 0.29) is 5.54 Å². The van der Waals surface area contributed by atoms with Crippen molar-refractivity contribution >= 4 is 17.5 Å². The van der Waals surface area contributed by atoms with Crippen LogP contribution in [0.2, 0.25) is 0 Å². The highest BCUT2D eigenvalue weighted by Crippen LogP contribution is 2.63. The zero-order valence-electron chi connectivity index (χ0n) is 17.8. The van der Waals surface area contributed by atoms with Crippen molar-refractivity contribution in [1.82, 2.24) is 20.2 Å². The van der Waals surface area contributed by atoms with E-state index in [2.05, 4.69) is 32.4 Å². The van der Waals surface area contributed by atoms with E-state index in [1.54, 1.807) is 19.5 Å². The van der Waals surface area contributed by atoms with E-state index >= 15 is 0 Å². The van der Waals surface area contributed by atoms with Crippen LogP contribution in [0, 0.1) is 5.41 Å². The summed E-state index contributed by atoms with van der Waals surface area (Å²) in [4.78, 5) is 11.6. The monoisotopic (exact) mass is 418 g/mol. The van der Waals surface area contributed by atoms with E-state index in [1.165, 1.54) is 32.1 Å². The molecular formula is C23H26N6O2. The second kappa shape index (κ2) is 6.60. The number of likely N-dealkylation sites (N-methyl/N-ethyl adjacent to an activating group) is 1. The normalized spacial score (nSPS) is 19.9. The van der Waals surface area contributed by atoms with Crippen molar-refractivity contribution in [3.63, 3.8) is 0 Å². The predicted molar refractivity (Wildman–Crippen MR) is 118 cm³/mol. The SMILES string of the molecule is COc1cc(Nc2ncc3c(n2)N(C)C2(CO3)CC3(CCC3)C2)ccc1-c1cn[nH]c1. The molecule has 1 aliphatic heterocycles. The first-order valence-electron chi connectivity index (χ1n) is 10.8. The van der Waals surface area contributed by atoms with Gasteiger partial charge in [0.15, 0.2) is 11.6 Å². The third-order valence-electron chi connectivity index (χ3n) is 7.35. The van der Waals surface area contributed by atoms with Gasteiger partial charge in [-0.15, -0.1) is 0 Å². The molecule has 0 radical (unpaired) electrons. The highest BCUT2D eigenvalue weighted by atomic mass is 16.5. The van der Waals surface area contributed by atoms with Gasteiger partial charge >= 0.3 is 0 Å². The van der Waals surface area contributed by atoms with Gasteiger partial charge < -0.3 is 19.7 Å². The lowest BCUT2D eigenvalue weighted by Crippen LogP contribution is -2.67. The zero-order valence-corrected chi connectivity index (χ0v) is 17.8. The number of nitrogens with zero attached hydrogens (tertiary/aromatic N) is 4. The molecule has 0 unspecified atom stereocenters. The van der Waals surface area contributed by atoms with Gasteiger partial charge in [-0.1, -0.05) is 6.42 Å². The number of rotatable bonds is 4. The van der Waals surface area contributed by atoms with Crippen LogP contribution in [0.25, 0.3) is 11.1 Å². The maximum Gasteiger partial charge on any atom is 0.229 e. The molecule has 2 saturated carbocycles. The summed E-state index contributed by atoms with van der Waals surface area (Å²) in [5.41, 5.74) is 3.45. The Morgan fingerprint density at radius 3 is 2.81 bits per heavy atom. The van der Waals surface area contributed by atoms with E-state index in [4.69, 9.17) is 14.5 Å². The van der Waals surface area contributed by atoms with Crippen LogP contribution < -0.4 is 19.7 Å². The van der Waals surface area contributed by atoms with Crippen LogP contribution in [-0.4, -0.2) is 46.5 Å². The van der Waals surface area contributed by atoms with Crippen LogP contribution >= 0.6 is 0 Å². The third-order valence-corrected chi connectivity index (χ3v) is 7.35. The lowest BCUT2D eigenvalue weighted by molar-refractivity contribution is -0.0680. The fraction of sp³-hybridized carbons (Fsp3) is 0.435. The first kappa shape index (κ1) is 18.5. The third kappa shape index (κ3) is 2.85. The quantitative estimate of drug-likeness (QED) is 0.658. The molecule has 8 nitrogen and oxygen atoms in total. The number of nitrogens with one attached hydrogen (secondary N) is 2. The van der Waals surface area contributed by atoms with Crippen molar-refractivity contribution in [2.45, 2.75) is 37.6 Å². The zero-order chi connectivity index (χ0) is 21.1. The second-order valence-corrected chi connectivity index (χ2v) is 9.19. The molecule has 6 rings (SSSR count). The standard InChI is InChI=1S/C23H26N6O2/c1-29-20-19(31-14-23(29)12-22(13-23)6-3-7-22)11-24-21(28-20)27-16-4-5-17(18(8-16)30-2)15-9-25-26-10-15/h4-5,8-11H,3,6-7,12-14H2,1-2H3,(H,25,26)(H,24,27,28). The van der Waals surface area contributed by atoms with E-state index in [1.807, 2.05) is 24.4 Å². The van der Waals surface area contributed by atoms with Gasteiger partial charge in [-0.3, -0.25) is 5.10 Å². The van der Waals surface area contributed by atoms with Crippen LogP contribution in [0.4, 0.5) is 17.5 Å². The first-order chi connectivity index (χ1) is 15.1. The molecule has 8 heteroatoms. The van der Waals surface area contributed by atoms with Crippen molar-refractivity contribution in [2.75, 3.05) is 31.0 Å². The summed E-state index contributed by atoms with van der Waals surface area (Å²) in [6, 6.07) is 5.93. The van der Waals surface area contributed by atoms with Gasteiger partial charge in [0.25, 0.3) is 0 Å². The summed E-state index contributed by atoms with van der Waals surface area (Å²) < 4.78 is 11.7. The molecule has 31 heavy (non-hydrogen) atoms. The molecule has 3 aliphatic rings. The molecule has 1 aromatic carbocycles. The number of anilines is 3.